The third-order valence-electron chi connectivity index (χ3n) is 5.61. The third kappa shape index (κ3) is 3.10. The number of esters is 1. The molecular weight excluding hydrogens is 342 g/mol. The van der Waals surface area contributed by atoms with Gasteiger partial charge in [-0.05, 0) is 37.8 Å². The highest BCUT2D eigenvalue weighted by molar-refractivity contribution is 6.32. The van der Waals surface area contributed by atoms with Gasteiger partial charge in [0.05, 0.1) is 30.5 Å². The largest absolute Gasteiger partial charge is 0.485 e. The molecule has 0 aromatic heterocycles. The summed E-state index contributed by atoms with van der Waals surface area (Å²) in [5.74, 6) is 0.113. The molecule has 0 unspecified atom stereocenters. The molecule has 6 heteroatoms. The predicted octanol–water partition coefficient (Wildman–Crippen LogP) is 3.20. The normalized spacial score (nSPS) is 25.6. The summed E-state index contributed by atoms with van der Waals surface area (Å²) in [6.07, 6.45) is 4.97. The van der Waals surface area contributed by atoms with Gasteiger partial charge in [-0.3, -0.25) is 9.59 Å². The van der Waals surface area contributed by atoms with E-state index in [-0.39, 0.29) is 30.3 Å². The van der Waals surface area contributed by atoms with Crippen molar-refractivity contribution in [3.63, 3.8) is 0 Å². The van der Waals surface area contributed by atoms with Gasteiger partial charge in [-0.2, -0.15) is 0 Å². The minimum absolute atomic E-state index is 0.0340. The number of nitrogens with zero attached hydrogens (tertiary/aromatic N) is 1. The molecule has 1 amide bonds. The van der Waals surface area contributed by atoms with Crippen molar-refractivity contribution in [3.8, 4) is 5.75 Å². The van der Waals surface area contributed by atoms with Gasteiger partial charge in [-0.25, -0.2) is 0 Å². The van der Waals surface area contributed by atoms with Crippen LogP contribution < -0.4 is 4.74 Å². The fraction of sp³-hybridized carbons (Fsp3) is 0.579. The van der Waals surface area contributed by atoms with Crippen LogP contribution in [0.2, 0.25) is 5.02 Å². The van der Waals surface area contributed by atoms with Gasteiger partial charge in [0.15, 0.2) is 0 Å². The molecule has 5 nitrogen and oxygen atoms in total. The lowest BCUT2D eigenvalue weighted by Crippen LogP contribution is -2.59. The molecule has 0 radical (unpaired) electrons. The lowest BCUT2D eigenvalue weighted by molar-refractivity contribution is -0.159. The second-order valence-corrected chi connectivity index (χ2v) is 7.68. The number of hydrogen-bond acceptors (Lipinski definition) is 4. The first kappa shape index (κ1) is 16.7. The van der Waals surface area contributed by atoms with E-state index in [1.54, 1.807) is 11.0 Å². The number of benzene rings is 1. The van der Waals surface area contributed by atoms with Crippen LogP contribution in [0, 0.1) is 5.92 Å². The van der Waals surface area contributed by atoms with Crippen molar-refractivity contribution < 1.29 is 19.1 Å². The van der Waals surface area contributed by atoms with Crippen molar-refractivity contribution >= 4 is 23.5 Å². The van der Waals surface area contributed by atoms with E-state index in [0.717, 1.165) is 32.1 Å². The summed E-state index contributed by atoms with van der Waals surface area (Å²) in [6, 6.07) is 7.34. The Kier molecular flexibility index (Phi) is 4.36. The van der Waals surface area contributed by atoms with Gasteiger partial charge in [0, 0.05) is 0 Å². The second-order valence-electron chi connectivity index (χ2n) is 7.27. The number of carbonyl (C=O) groups excluding carboxylic acids is 2. The number of likely N-dealkylation sites (tertiary alicyclic amines) is 1. The number of hydrogen-bond donors (Lipinski definition) is 0. The summed E-state index contributed by atoms with van der Waals surface area (Å²) in [4.78, 5) is 26.6. The number of para-hydroxylation sites is 1. The summed E-state index contributed by atoms with van der Waals surface area (Å²) in [5.41, 5.74) is -0.554. The van der Waals surface area contributed by atoms with Crippen LogP contribution in [-0.2, 0) is 14.3 Å². The average Bonchev–Trinajstić information content (AvgIpc) is 2.88. The molecule has 134 valence electrons. The smallest absolute Gasteiger partial charge is 0.307 e. The summed E-state index contributed by atoms with van der Waals surface area (Å²) >= 11 is 6.11. The molecule has 1 aromatic rings. The Hall–Kier alpha value is -1.75. The highest BCUT2D eigenvalue weighted by atomic mass is 35.5. The SMILES string of the molecule is O=C1C[C@@H](C(=O)N2CC(Oc3ccccc3Cl)C2)C2(CCCCC2)O1. The fourth-order valence-electron chi connectivity index (χ4n) is 4.24. The lowest BCUT2D eigenvalue weighted by atomic mass is 9.75. The van der Waals surface area contributed by atoms with Crippen LogP contribution in [0.15, 0.2) is 24.3 Å². The van der Waals surface area contributed by atoms with E-state index < -0.39 is 5.60 Å². The van der Waals surface area contributed by atoms with E-state index in [1.807, 2.05) is 18.2 Å². The molecule has 2 aliphatic heterocycles. The van der Waals surface area contributed by atoms with Crippen molar-refractivity contribution in [2.75, 3.05) is 13.1 Å². The van der Waals surface area contributed by atoms with Gasteiger partial charge >= 0.3 is 5.97 Å². The number of ether oxygens (including phenoxy) is 2. The molecule has 25 heavy (non-hydrogen) atoms. The van der Waals surface area contributed by atoms with Crippen molar-refractivity contribution in [2.45, 2.75) is 50.2 Å². The maximum absolute atomic E-state index is 12.9. The Morgan fingerprint density at radius 1 is 1.20 bits per heavy atom. The van der Waals surface area contributed by atoms with Crippen molar-refractivity contribution in [1.82, 2.24) is 4.90 Å². The highest BCUT2D eigenvalue weighted by Crippen LogP contribution is 2.45. The van der Waals surface area contributed by atoms with E-state index in [2.05, 4.69) is 0 Å². The molecule has 1 aromatic carbocycles. The van der Waals surface area contributed by atoms with Crippen molar-refractivity contribution in [2.24, 2.45) is 5.92 Å². The minimum Gasteiger partial charge on any atom is -0.485 e. The van der Waals surface area contributed by atoms with E-state index in [0.29, 0.717) is 23.9 Å². The fourth-order valence-corrected chi connectivity index (χ4v) is 4.42. The molecule has 1 spiro atoms. The van der Waals surface area contributed by atoms with Crippen LogP contribution in [0.25, 0.3) is 0 Å². The van der Waals surface area contributed by atoms with Gasteiger partial charge in [0.2, 0.25) is 5.91 Å². The van der Waals surface area contributed by atoms with Crippen LogP contribution in [0.3, 0.4) is 0 Å². The predicted molar refractivity (Wildman–Crippen MR) is 92.5 cm³/mol. The molecule has 1 aliphatic carbocycles. The molecular formula is C19H22ClNO4. The zero-order valence-electron chi connectivity index (χ0n) is 14.1. The highest BCUT2D eigenvalue weighted by Gasteiger charge is 2.54. The molecule has 0 bridgehead atoms. The topological polar surface area (TPSA) is 55.8 Å². The van der Waals surface area contributed by atoms with E-state index in [1.165, 1.54) is 0 Å². The first-order chi connectivity index (χ1) is 12.1. The Bertz CT molecular complexity index is 680. The van der Waals surface area contributed by atoms with E-state index >= 15 is 0 Å². The maximum atomic E-state index is 12.9. The lowest BCUT2D eigenvalue weighted by Gasteiger charge is -2.43. The third-order valence-corrected chi connectivity index (χ3v) is 5.92. The van der Waals surface area contributed by atoms with Crippen molar-refractivity contribution in [1.29, 1.82) is 0 Å². The summed E-state index contributed by atoms with van der Waals surface area (Å²) in [5, 5.41) is 0.572. The molecule has 1 saturated carbocycles. The Balaban J connectivity index is 1.38. The standard InChI is InChI=1S/C19H22ClNO4/c20-15-6-2-3-7-16(15)24-13-11-21(12-13)18(23)14-10-17(22)25-19(14)8-4-1-5-9-19/h2-3,6-7,13-14H,1,4-5,8-12H2/t14-/m0/s1. The number of rotatable bonds is 3. The van der Waals surface area contributed by atoms with Crippen LogP contribution >= 0.6 is 11.6 Å². The maximum Gasteiger partial charge on any atom is 0.307 e. The molecule has 3 fully saturated rings. The van der Waals surface area contributed by atoms with Crippen LogP contribution in [-0.4, -0.2) is 41.6 Å². The molecule has 1 atom stereocenters. The van der Waals surface area contributed by atoms with Gasteiger partial charge in [0.25, 0.3) is 0 Å². The first-order valence-electron chi connectivity index (χ1n) is 8.99. The quantitative estimate of drug-likeness (QED) is 0.774. The minimum atomic E-state index is -0.554. The number of amides is 1. The number of halogens is 1. The Morgan fingerprint density at radius 2 is 1.92 bits per heavy atom. The zero-order chi connectivity index (χ0) is 17.4. The zero-order valence-corrected chi connectivity index (χ0v) is 14.8. The summed E-state index contributed by atoms with van der Waals surface area (Å²) in [7, 11) is 0. The van der Waals surface area contributed by atoms with E-state index in [4.69, 9.17) is 21.1 Å². The van der Waals surface area contributed by atoms with Crippen LogP contribution in [0.5, 0.6) is 5.75 Å². The van der Waals surface area contributed by atoms with Crippen LogP contribution in [0.1, 0.15) is 38.5 Å². The van der Waals surface area contributed by atoms with Crippen LogP contribution in [0.4, 0.5) is 0 Å². The molecule has 3 aliphatic rings. The van der Waals surface area contributed by atoms with Gasteiger partial charge in [0.1, 0.15) is 17.5 Å². The monoisotopic (exact) mass is 363 g/mol. The first-order valence-corrected chi connectivity index (χ1v) is 9.37. The van der Waals surface area contributed by atoms with Gasteiger partial charge in [-0.15, -0.1) is 0 Å². The van der Waals surface area contributed by atoms with Crippen molar-refractivity contribution in [3.05, 3.63) is 29.3 Å². The molecule has 0 N–H and O–H groups in total. The van der Waals surface area contributed by atoms with E-state index in [9.17, 15) is 9.59 Å². The molecule has 2 saturated heterocycles. The molecule has 2 heterocycles. The average molecular weight is 364 g/mol. The molecule has 4 rings (SSSR count). The summed E-state index contributed by atoms with van der Waals surface area (Å²) < 4.78 is 11.5. The van der Waals surface area contributed by atoms with Gasteiger partial charge < -0.3 is 14.4 Å². The Morgan fingerprint density at radius 3 is 2.64 bits per heavy atom. The summed E-state index contributed by atoms with van der Waals surface area (Å²) in [6.45, 7) is 1.07. The Labute approximate surface area is 152 Å². The second kappa shape index (κ2) is 6.52. The number of carbonyl (C=O) groups is 2. The van der Waals surface area contributed by atoms with Gasteiger partial charge in [-0.1, -0.05) is 30.2 Å².